The van der Waals surface area contributed by atoms with Gasteiger partial charge < -0.3 is 14.2 Å². The van der Waals surface area contributed by atoms with Crippen LogP contribution in [0, 0.1) is 15.9 Å². The summed E-state index contributed by atoms with van der Waals surface area (Å²) >= 11 is 0. The van der Waals surface area contributed by atoms with Crippen molar-refractivity contribution >= 4 is 22.6 Å². The maximum atomic E-state index is 14.1. The monoisotopic (exact) mass is 359 g/mol. The summed E-state index contributed by atoms with van der Waals surface area (Å²) in [6.45, 7) is 0. The van der Waals surface area contributed by atoms with Gasteiger partial charge in [-0.05, 0) is 12.1 Å². The number of hydrogen-bond acceptors (Lipinski definition) is 6. The number of carbonyl (C=O) groups is 1. The van der Waals surface area contributed by atoms with E-state index in [2.05, 4.69) is 9.97 Å². The Morgan fingerprint density at radius 2 is 2.04 bits per heavy atom. The van der Waals surface area contributed by atoms with Gasteiger partial charge in [0, 0.05) is 27.2 Å². The number of benzene rings is 1. The summed E-state index contributed by atoms with van der Waals surface area (Å²) in [6, 6.07) is 4.59. The summed E-state index contributed by atoms with van der Waals surface area (Å²) in [6.07, 6.45) is 1.23. The highest BCUT2D eigenvalue weighted by Gasteiger charge is 2.20. The van der Waals surface area contributed by atoms with Crippen LogP contribution in [0.5, 0.6) is 11.6 Å². The lowest BCUT2D eigenvalue weighted by molar-refractivity contribution is -0.385. The van der Waals surface area contributed by atoms with Crippen LogP contribution in [0.25, 0.3) is 11.0 Å². The van der Waals surface area contributed by atoms with Crippen molar-refractivity contribution in [1.29, 1.82) is 0 Å². The van der Waals surface area contributed by atoms with Crippen molar-refractivity contribution in [1.82, 2.24) is 19.4 Å². The molecule has 134 valence electrons. The molecule has 3 aromatic rings. The molecule has 0 spiro atoms. The fraction of sp³-hybridized carbons (Fsp3) is 0.188. The van der Waals surface area contributed by atoms with E-state index in [9.17, 15) is 19.3 Å². The van der Waals surface area contributed by atoms with Gasteiger partial charge in [-0.2, -0.15) is 0 Å². The van der Waals surface area contributed by atoms with Gasteiger partial charge in [0.05, 0.1) is 16.4 Å². The third-order valence-corrected chi connectivity index (χ3v) is 3.74. The Hall–Kier alpha value is -3.56. The number of carbonyl (C=O) groups excluding carboxylic acids is 1. The van der Waals surface area contributed by atoms with E-state index in [4.69, 9.17) is 4.74 Å². The van der Waals surface area contributed by atoms with Crippen LogP contribution >= 0.6 is 0 Å². The minimum atomic E-state index is -0.897. The molecule has 0 atom stereocenters. The van der Waals surface area contributed by atoms with E-state index < -0.39 is 10.7 Å². The predicted octanol–water partition coefficient (Wildman–Crippen LogP) is 2.51. The van der Waals surface area contributed by atoms with E-state index in [0.29, 0.717) is 16.7 Å². The van der Waals surface area contributed by atoms with Crippen LogP contribution in [-0.4, -0.2) is 44.4 Å². The van der Waals surface area contributed by atoms with E-state index in [-0.39, 0.29) is 23.2 Å². The van der Waals surface area contributed by atoms with Crippen LogP contribution < -0.4 is 4.74 Å². The molecule has 9 nitrogen and oxygen atoms in total. The maximum Gasteiger partial charge on any atom is 0.272 e. The number of rotatable bonds is 4. The molecular formula is C16H14FN5O4. The Bertz CT molecular complexity index is 1030. The lowest BCUT2D eigenvalue weighted by atomic mass is 10.3. The summed E-state index contributed by atoms with van der Waals surface area (Å²) in [4.78, 5) is 31.8. The van der Waals surface area contributed by atoms with Crippen molar-refractivity contribution in [3.05, 3.63) is 52.2 Å². The first-order chi connectivity index (χ1) is 12.3. The number of nitro groups is 1. The van der Waals surface area contributed by atoms with Gasteiger partial charge in [0.15, 0.2) is 11.6 Å². The Labute approximate surface area is 146 Å². The number of fused-ring (bicyclic) bond motifs is 1. The largest absolute Gasteiger partial charge is 0.435 e. The first-order valence-corrected chi connectivity index (χ1v) is 7.43. The lowest BCUT2D eigenvalue weighted by Crippen LogP contribution is -2.23. The molecule has 1 aromatic carbocycles. The molecule has 1 amide bonds. The minimum Gasteiger partial charge on any atom is -0.435 e. The Kier molecular flexibility index (Phi) is 4.24. The zero-order valence-corrected chi connectivity index (χ0v) is 14.1. The van der Waals surface area contributed by atoms with Crippen LogP contribution in [0.15, 0.2) is 30.6 Å². The highest BCUT2D eigenvalue weighted by atomic mass is 19.1. The van der Waals surface area contributed by atoms with Crippen molar-refractivity contribution < 1.29 is 18.8 Å². The molecule has 0 radical (unpaired) electrons. The Balaban J connectivity index is 2.05. The van der Waals surface area contributed by atoms with E-state index in [1.165, 1.54) is 11.2 Å². The van der Waals surface area contributed by atoms with Gasteiger partial charge in [-0.25, -0.2) is 14.4 Å². The van der Waals surface area contributed by atoms with Gasteiger partial charge in [-0.1, -0.05) is 0 Å². The molecule has 10 heteroatoms. The van der Waals surface area contributed by atoms with Gasteiger partial charge >= 0.3 is 0 Å². The van der Waals surface area contributed by atoms with E-state index in [1.807, 2.05) is 0 Å². The van der Waals surface area contributed by atoms with Gasteiger partial charge in [0.1, 0.15) is 17.7 Å². The smallest absolute Gasteiger partial charge is 0.272 e. The van der Waals surface area contributed by atoms with Gasteiger partial charge in [0.2, 0.25) is 5.88 Å². The fourth-order valence-corrected chi connectivity index (χ4v) is 2.42. The summed E-state index contributed by atoms with van der Waals surface area (Å²) < 4.78 is 21.1. The zero-order chi connectivity index (χ0) is 19.0. The van der Waals surface area contributed by atoms with Crippen LogP contribution in [0.4, 0.5) is 10.1 Å². The fourth-order valence-electron chi connectivity index (χ4n) is 2.42. The Morgan fingerprint density at radius 3 is 2.65 bits per heavy atom. The predicted molar refractivity (Wildman–Crippen MR) is 89.7 cm³/mol. The quantitative estimate of drug-likeness (QED) is 0.524. The number of aryl methyl sites for hydroxylation is 1. The molecule has 0 unspecified atom stereocenters. The first kappa shape index (κ1) is 17.3. The van der Waals surface area contributed by atoms with Crippen LogP contribution in [0.2, 0.25) is 0 Å². The molecule has 0 aliphatic heterocycles. The summed E-state index contributed by atoms with van der Waals surface area (Å²) in [7, 11) is 4.91. The van der Waals surface area contributed by atoms with Crippen molar-refractivity contribution in [2.24, 2.45) is 7.05 Å². The highest BCUT2D eigenvalue weighted by molar-refractivity contribution is 5.98. The number of halogens is 1. The zero-order valence-electron chi connectivity index (χ0n) is 14.1. The number of aromatic nitrogens is 3. The number of amides is 1. The van der Waals surface area contributed by atoms with E-state index in [1.54, 1.807) is 31.8 Å². The standard InChI is InChI=1S/C16H14FN5O4/c1-20(2)16(23)12-7-10-14(21(12)3)18-8-19-15(10)26-13-5-4-9(22(24)25)6-11(13)17/h4-8H,1-3H3. The SMILES string of the molecule is CN(C)C(=O)c1cc2c(Oc3ccc([N+](=O)[O-])cc3F)ncnc2n1C. The number of ether oxygens (including phenoxy) is 1. The average Bonchev–Trinajstić information content (AvgIpc) is 2.93. The van der Waals surface area contributed by atoms with Gasteiger partial charge in [0.25, 0.3) is 11.6 Å². The minimum absolute atomic E-state index is 0.0381. The van der Waals surface area contributed by atoms with E-state index >= 15 is 0 Å². The van der Waals surface area contributed by atoms with Crippen LogP contribution in [0.1, 0.15) is 10.5 Å². The van der Waals surface area contributed by atoms with Crippen LogP contribution in [0.3, 0.4) is 0 Å². The van der Waals surface area contributed by atoms with Crippen molar-refractivity contribution in [2.75, 3.05) is 14.1 Å². The lowest BCUT2D eigenvalue weighted by Gasteiger charge is -2.10. The summed E-state index contributed by atoms with van der Waals surface area (Å²) in [5.74, 6) is -1.32. The maximum absolute atomic E-state index is 14.1. The topological polar surface area (TPSA) is 103 Å². The second kappa shape index (κ2) is 6.39. The molecule has 0 aliphatic rings. The summed E-state index contributed by atoms with van der Waals surface area (Å²) in [5.41, 5.74) is 0.406. The van der Waals surface area contributed by atoms with Gasteiger partial charge in [-0.15, -0.1) is 0 Å². The van der Waals surface area contributed by atoms with Gasteiger partial charge in [-0.3, -0.25) is 14.9 Å². The number of non-ortho nitro benzene ring substituents is 1. The second-order valence-corrected chi connectivity index (χ2v) is 5.68. The number of nitro benzene ring substituents is 1. The molecule has 0 saturated heterocycles. The molecule has 0 fully saturated rings. The average molecular weight is 359 g/mol. The highest BCUT2D eigenvalue weighted by Crippen LogP contribution is 2.31. The third-order valence-electron chi connectivity index (χ3n) is 3.74. The number of hydrogen-bond donors (Lipinski definition) is 0. The second-order valence-electron chi connectivity index (χ2n) is 5.68. The molecule has 3 rings (SSSR count). The first-order valence-electron chi connectivity index (χ1n) is 7.43. The molecule has 0 bridgehead atoms. The molecular weight excluding hydrogens is 345 g/mol. The molecule has 0 aliphatic carbocycles. The molecule has 26 heavy (non-hydrogen) atoms. The summed E-state index contributed by atoms with van der Waals surface area (Å²) in [5, 5.41) is 11.1. The van der Waals surface area contributed by atoms with Crippen LogP contribution in [-0.2, 0) is 7.05 Å². The molecule has 0 saturated carbocycles. The Morgan fingerprint density at radius 1 is 1.31 bits per heavy atom. The van der Waals surface area contributed by atoms with Crippen molar-refractivity contribution in [3.63, 3.8) is 0 Å². The third kappa shape index (κ3) is 2.92. The normalized spacial score (nSPS) is 10.8. The molecule has 0 N–H and O–H groups in total. The molecule has 2 heterocycles. The van der Waals surface area contributed by atoms with Crippen molar-refractivity contribution in [3.8, 4) is 11.6 Å². The number of nitrogens with zero attached hydrogens (tertiary/aromatic N) is 5. The van der Waals surface area contributed by atoms with E-state index in [0.717, 1.165) is 18.2 Å². The van der Waals surface area contributed by atoms with Crippen molar-refractivity contribution in [2.45, 2.75) is 0 Å². The molecule has 2 aromatic heterocycles.